The SMILES string of the molecule is COC(=O)C1CCC(CN2CCN(C(=O)N(C)[C@H](C)c3cc(C(F)(F)F)cc(C(F)(F)F)c3)[C@@H](c3ccc(F)cc3C)C2)CC1. The number of nitrogens with zero attached hydrogens (tertiary/aromatic N) is 3. The number of carbonyl (C=O) groups excluding carboxylic acids is 2. The number of aryl methyl sites for hydroxylation is 1. The Bertz CT molecular complexity index is 1340. The molecule has 2 aliphatic rings. The van der Waals surface area contributed by atoms with Crippen molar-refractivity contribution >= 4 is 12.0 Å². The highest BCUT2D eigenvalue weighted by Crippen LogP contribution is 2.39. The molecule has 6 nitrogen and oxygen atoms in total. The van der Waals surface area contributed by atoms with Crippen molar-refractivity contribution in [1.82, 2.24) is 14.7 Å². The van der Waals surface area contributed by atoms with Crippen LogP contribution < -0.4 is 0 Å². The number of piperazine rings is 1. The van der Waals surface area contributed by atoms with E-state index >= 15 is 0 Å². The third-order valence-corrected chi connectivity index (χ3v) is 9.17. The van der Waals surface area contributed by atoms with Crippen LogP contribution in [0.3, 0.4) is 0 Å². The van der Waals surface area contributed by atoms with Gasteiger partial charge in [0, 0.05) is 33.2 Å². The van der Waals surface area contributed by atoms with Gasteiger partial charge in [-0.3, -0.25) is 9.69 Å². The first-order valence-electron chi connectivity index (χ1n) is 14.9. The van der Waals surface area contributed by atoms with Gasteiger partial charge in [-0.1, -0.05) is 6.07 Å². The first-order chi connectivity index (χ1) is 21.0. The summed E-state index contributed by atoms with van der Waals surface area (Å²) >= 11 is 0. The van der Waals surface area contributed by atoms with Crippen LogP contribution in [0.1, 0.15) is 72.5 Å². The Morgan fingerprint density at radius 2 is 1.56 bits per heavy atom. The molecule has 0 N–H and O–H groups in total. The molecule has 0 aromatic heterocycles. The normalized spacial score (nSPS) is 22.2. The highest BCUT2D eigenvalue weighted by Gasteiger charge is 2.40. The Hall–Kier alpha value is -3.35. The zero-order chi connectivity index (χ0) is 33.3. The van der Waals surface area contributed by atoms with E-state index in [2.05, 4.69) is 4.90 Å². The van der Waals surface area contributed by atoms with E-state index < -0.39 is 47.4 Å². The summed E-state index contributed by atoms with van der Waals surface area (Å²) in [7, 11) is 2.73. The van der Waals surface area contributed by atoms with Crippen molar-refractivity contribution in [3.63, 3.8) is 0 Å². The number of urea groups is 1. The van der Waals surface area contributed by atoms with E-state index in [1.54, 1.807) is 17.9 Å². The first-order valence-corrected chi connectivity index (χ1v) is 14.9. The van der Waals surface area contributed by atoms with Gasteiger partial charge in [0.2, 0.25) is 0 Å². The molecule has 2 fully saturated rings. The van der Waals surface area contributed by atoms with Gasteiger partial charge in [-0.15, -0.1) is 0 Å². The number of ether oxygens (including phenoxy) is 1. The largest absolute Gasteiger partial charge is 0.469 e. The Morgan fingerprint density at radius 1 is 0.956 bits per heavy atom. The minimum atomic E-state index is -5.02. The van der Waals surface area contributed by atoms with Gasteiger partial charge in [-0.05, 0) is 92.5 Å². The number of rotatable bonds is 6. The van der Waals surface area contributed by atoms with Gasteiger partial charge in [-0.2, -0.15) is 26.3 Å². The number of benzene rings is 2. The summed E-state index contributed by atoms with van der Waals surface area (Å²) < 4.78 is 100. The van der Waals surface area contributed by atoms with Gasteiger partial charge in [-0.25, -0.2) is 9.18 Å². The molecule has 2 amide bonds. The van der Waals surface area contributed by atoms with Gasteiger partial charge in [0.1, 0.15) is 5.82 Å². The summed E-state index contributed by atoms with van der Waals surface area (Å²) in [4.78, 5) is 30.8. The molecule has 2 atom stereocenters. The van der Waals surface area contributed by atoms with Crippen molar-refractivity contribution < 1.29 is 45.1 Å². The molecule has 0 bridgehead atoms. The van der Waals surface area contributed by atoms with Crippen molar-refractivity contribution in [1.29, 1.82) is 0 Å². The molecule has 248 valence electrons. The molecule has 1 saturated heterocycles. The van der Waals surface area contributed by atoms with E-state index in [1.807, 2.05) is 0 Å². The molecule has 1 heterocycles. The molecule has 1 saturated carbocycles. The summed E-state index contributed by atoms with van der Waals surface area (Å²) in [6, 6.07) is 3.36. The second kappa shape index (κ2) is 13.6. The standard InChI is InChI=1S/C32H38F7N3O3/c1-19-13-26(33)9-10-27(19)28-18-41(17-21-5-7-22(8-6-21)29(43)45-4)11-12-42(28)30(44)40(3)20(2)23-14-24(31(34,35)36)16-25(15-23)32(37,38)39/h9-10,13-16,20-22,28H,5-8,11-12,17-18H2,1-4H3/t20-,21?,22?,28-/m1/s1. The zero-order valence-electron chi connectivity index (χ0n) is 25.6. The Balaban J connectivity index is 1.57. The molecule has 0 unspecified atom stereocenters. The molecular formula is C32H38F7N3O3. The number of alkyl halides is 6. The van der Waals surface area contributed by atoms with Gasteiger partial charge < -0.3 is 14.5 Å². The second-order valence-corrected chi connectivity index (χ2v) is 12.1. The van der Waals surface area contributed by atoms with E-state index in [0.29, 0.717) is 42.3 Å². The van der Waals surface area contributed by atoms with Crippen molar-refractivity contribution in [2.45, 2.75) is 64.0 Å². The van der Waals surface area contributed by atoms with E-state index in [-0.39, 0.29) is 30.1 Å². The molecule has 2 aromatic rings. The molecule has 45 heavy (non-hydrogen) atoms. The molecule has 4 rings (SSSR count). The number of hydrogen-bond donors (Lipinski definition) is 0. The third kappa shape index (κ3) is 8.09. The number of amides is 2. The minimum Gasteiger partial charge on any atom is -0.469 e. The molecule has 1 aliphatic carbocycles. The van der Waals surface area contributed by atoms with Crippen LogP contribution in [0.15, 0.2) is 36.4 Å². The zero-order valence-corrected chi connectivity index (χ0v) is 25.6. The van der Waals surface area contributed by atoms with Crippen molar-refractivity contribution in [3.8, 4) is 0 Å². The third-order valence-electron chi connectivity index (χ3n) is 9.17. The fourth-order valence-corrected chi connectivity index (χ4v) is 6.44. The molecule has 0 radical (unpaired) electrons. The van der Waals surface area contributed by atoms with Crippen LogP contribution in [-0.4, -0.2) is 67.0 Å². The Labute approximate surface area is 258 Å². The van der Waals surface area contributed by atoms with Crippen LogP contribution >= 0.6 is 0 Å². The van der Waals surface area contributed by atoms with Gasteiger partial charge in [0.15, 0.2) is 0 Å². The summed E-state index contributed by atoms with van der Waals surface area (Å²) in [5, 5.41) is 0. The molecule has 1 aliphatic heterocycles. The molecule has 0 spiro atoms. The summed E-state index contributed by atoms with van der Waals surface area (Å²) in [6.45, 7) is 4.96. The lowest BCUT2D eigenvalue weighted by Gasteiger charge is -2.45. The topological polar surface area (TPSA) is 53.1 Å². The maximum atomic E-state index is 14.0. The average Bonchev–Trinajstić information content (AvgIpc) is 2.99. The summed E-state index contributed by atoms with van der Waals surface area (Å²) in [5.41, 5.74) is -1.89. The molecule has 13 heteroatoms. The monoisotopic (exact) mass is 645 g/mol. The van der Waals surface area contributed by atoms with Crippen LogP contribution in [0.4, 0.5) is 35.5 Å². The number of carbonyl (C=O) groups is 2. The average molecular weight is 646 g/mol. The van der Waals surface area contributed by atoms with E-state index in [0.717, 1.165) is 37.1 Å². The fraction of sp³-hybridized carbons (Fsp3) is 0.562. The van der Waals surface area contributed by atoms with Crippen molar-refractivity contribution in [3.05, 3.63) is 70.0 Å². The molecular weight excluding hydrogens is 607 g/mol. The fourth-order valence-electron chi connectivity index (χ4n) is 6.44. The number of halogens is 7. The number of esters is 1. The van der Waals surface area contributed by atoms with Crippen LogP contribution in [-0.2, 0) is 21.9 Å². The van der Waals surface area contributed by atoms with Gasteiger partial charge in [0.05, 0.1) is 36.2 Å². The lowest BCUT2D eigenvalue weighted by molar-refractivity contribution is -0.147. The predicted octanol–water partition coefficient (Wildman–Crippen LogP) is 7.62. The van der Waals surface area contributed by atoms with Crippen molar-refractivity contribution in [2.75, 3.05) is 40.3 Å². The quantitative estimate of drug-likeness (QED) is 0.240. The number of hydrogen-bond acceptors (Lipinski definition) is 4. The number of methoxy groups -OCH3 is 1. The predicted molar refractivity (Wildman–Crippen MR) is 153 cm³/mol. The van der Waals surface area contributed by atoms with E-state index in [4.69, 9.17) is 4.74 Å². The van der Waals surface area contributed by atoms with E-state index in [1.165, 1.54) is 33.2 Å². The maximum absolute atomic E-state index is 14.0. The minimum absolute atomic E-state index is 0.0620. The Morgan fingerprint density at radius 3 is 2.09 bits per heavy atom. The second-order valence-electron chi connectivity index (χ2n) is 12.1. The smallest absolute Gasteiger partial charge is 0.416 e. The highest BCUT2D eigenvalue weighted by atomic mass is 19.4. The maximum Gasteiger partial charge on any atom is 0.416 e. The van der Waals surface area contributed by atoms with Crippen LogP contribution in [0.2, 0.25) is 0 Å². The highest BCUT2D eigenvalue weighted by molar-refractivity contribution is 5.75. The van der Waals surface area contributed by atoms with E-state index in [9.17, 15) is 40.3 Å². The van der Waals surface area contributed by atoms with Gasteiger partial charge >= 0.3 is 24.4 Å². The lowest BCUT2D eigenvalue weighted by Crippen LogP contribution is -2.54. The van der Waals surface area contributed by atoms with Crippen molar-refractivity contribution in [2.24, 2.45) is 11.8 Å². The van der Waals surface area contributed by atoms with Crippen LogP contribution in [0.5, 0.6) is 0 Å². The van der Waals surface area contributed by atoms with Gasteiger partial charge in [0.25, 0.3) is 0 Å². The van der Waals surface area contributed by atoms with Crippen LogP contribution in [0.25, 0.3) is 0 Å². The Kier molecular flexibility index (Phi) is 10.4. The first kappa shape index (κ1) is 34.5. The summed E-state index contributed by atoms with van der Waals surface area (Å²) in [6.07, 6.45) is -6.89. The van der Waals surface area contributed by atoms with Crippen LogP contribution in [0, 0.1) is 24.6 Å². The summed E-state index contributed by atoms with van der Waals surface area (Å²) in [5.74, 6) is -0.433. The lowest BCUT2D eigenvalue weighted by atomic mass is 9.81. The molecule has 2 aromatic carbocycles.